The van der Waals surface area contributed by atoms with Gasteiger partial charge in [0.15, 0.2) is 12.6 Å². The number of hydrogen-bond donors (Lipinski definition) is 4. The van der Waals surface area contributed by atoms with Crippen molar-refractivity contribution in [3.63, 3.8) is 0 Å². The van der Waals surface area contributed by atoms with Crippen LogP contribution in [0.2, 0.25) is 0 Å². The summed E-state index contributed by atoms with van der Waals surface area (Å²) in [4.78, 5) is 0. The molecule has 0 aliphatic heterocycles. The molecule has 4 N–H and O–H groups in total. The zero-order chi connectivity index (χ0) is 13.4. The summed E-state index contributed by atoms with van der Waals surface area (Å²) in [5, 5.41) is 34.5. The second kappa shape index (κ2) is 7.88. The van der Waals surface area contributed by atoms with Gasteiger partial charge in [0.05, 0.1) is 13.2 Å². The highest BCUT2D eigenvalue weighted by atomic mass is 16.5. The smallest absolute Gasteiger partial charge is 0.154 e. The molecule has 0 aliphatic carbocycles. The van der Waals surface area contributed by atoms with Gasteiger partial charge in [-0.3, -0.25) is 0 Å². The van der Waals surface area contributed by atoms with Gasteiger partial charge in [-0.15, -0.1) is 0 Å². The Hall–Kier alpha value is -1.34. The van der Waals surface area contributed by atoms with Crippen LogP contribution in [0.1, 0.15) is 12.8 Å². The molecule has 18 heavy (non-hydrogen) atoms. The van der Waals surface area contributed by atoms with Gasteiger partial charge in [-0.25, -0.2) is 0 Å². The average molecular weight is 258 g/mol. The van der Waals surface area contributed by atoms with Crippen LogP contribution in [0.15, 0.2) is 24.3 Å². The molecule has 6 heteroatoms. The van der Waals surface area contributed by atoms with Crippen molar-refractivity contribution in [3.8, 4) is 11.5 Å². The Kier molecular flexibility index (Phi) is 6.45. The zero-order valence-corrected chi connectivity index (χ0v) is 9.90. The van der Waals surface area contributed by atoms with Crippen LogP contribution in [0.4, 0.5) is 0 Å². The highest BCUT2D eigenvalue weighted by Gasteiger charge is 2.01. The molecule has 0 radical (unpaired) electrons. The fourth-order valence-corrected chi connectivity index (χ4v) is 1.20. The van der Waals surface area contributed by atoms with Gasteiger partial charge in [0.25, 0.3) is 0 Å². The lowest BCUT2D eigenvalue weighted by atomic mass is 10.3. The van der Waals surface area contributed by atoms with Crippen LogP contribution in [-0.4, -0.2) is 46.2 Å². The van der Waals surface area contributed by atoms with Crippen molar-refractivity contribution in [1.82, 2.24) is 0 Å². The van der Waals surface area contributed by atoms with E-state index in [1.54, 1.807) is 24.3 Å². The van der Waals surface area contributed by atoms with E-state index in [0.29, 0.717) is 11.5 Å². The van der Waals surface area contributed by atoms with Gasteiger partial charge in [-0.1, -0.05) is 0 Å². The molecule has 0 saturated carbocycles. The Morgan fingerprint density at radius 2 is 1.06 bits per heavy atom. The Morgan fingerprint density at radius 1 is 0.722 bits per heavy atom. The standard InChI is InChI=1S/C12H18O6/c13-11(14)5-7-17-9-1-2-10(4-3-9)18-8-6-12(15)16/h1-4,11-16H,5-8H2. The summed E-state index contributed by atoms with van der Waals surface area (Å²) in [5.74, 6) is 1.20. The summed E-state index contributed by atoms with van der Waals surface area (Å²) >= 11 is 0. The lowest BCUT2D eigenvalue weighted by molar-refractivity contribution is -0.0529. The molecule has 0 heterocycles. The summed E-state index contributed by atoms with van der Waals surface area (Å²) < 4.78 is 10.5. The second-order valence-electron chi connectivity index (χ2n) is 3.71. The van der Waals surface area contributed by atoms with Gasteiger partial charge in [0.2, 0.25) is 0 Å². The van der Waals surface area contributed by atoms with Gasteiger partial charge in [-0.05, 0) is 24.3 Å². The van der Waals surface area contributed by atoms with Crippen LogP contribution in [0, 0.1) is 0 Å². The summed E-state index contributed by atoms with van der Waals surface area (Å²) in [6, 6.07) is 6.76. The van der Waals surface area contributed by atoms with Crippen molar-refractivity contribution < 1.29 is 29.9 Å². The maximum absolute atomic E-state index is 8.63. The Bertz CT molecular complexity index is 289. The van der Waals surface area contributed by atoms with Crippen molar-refractivity contribution in [1.29, 1.82) is 0 Å². The summed E-state index contributed by atoms with van der Waals surface area (Å²) in [7, 11) is 0. The van der Waals surface area contributed by atoms with E-state index in [-0.39, 0.29) is 26.1 Å². The SMILES string of the molecule is OC(O)CCOc1ccc(OCCC(O)O)cc1. The highest BCUT2D eigenvalue weighted by molar-refractivity contribution is 5.31. The summed E-state index contributed by atoms with van der Waals surface area (Å²) in [5.41, 5.74) is 0. The van der Waals surface area contributed by atoms with Crippen molar-refractivity contribution in [2.45, 2.75) is 25.4 Å². The summed E-state index contributed by atoms with van der Waals surface area (Å²) in [6.07, 6.45) is -2.44. The first-order chi connectivity index (χ1) is 8.58. The maximum Gasteiger partial charge on any atom is 0.154 e. The van der Waals surface area contributed by atoms with Crippen LogP contribution in [0.3, 0.4) is 0 Å². The molecule has 1 rings (SSSR count). The molecule has 0 unspecified atom stereocenters. The van der Waals surface area contributed by atoms with Crippen LogP contribution in [0.5, 0.6) is 11.5 Å². The first-order valence-corrected chi connectivity index (χ1v) is 5.66. The first-order valence-electron chi connectivity index (χ1n) is 5.66. The monoisotopic (exact) mass is 258 g/mol. The van der Waals surface area contributed by atoms with Crippen LogP contribution in [0.25, 0.3) is 0 Å². The molecule has 1 aromatic carbocycles. The predicted octanol–water partition coefficient (Wildman–Crippen LogP) is -0.154. The van der Waals surface area contributed by atoms with E-state index in [1.807, 2.05) is 0 Å². The van der Waals surface area contributed by atoms with E-state index >= 15 is 0 Å². The molecule has 0 saturated heterocycles. The third-order valence-corrected chi connectivity index (χ3v) is 2.11. The van der Waals surface area contributed by atoms with Crippen LogP contribution < -0.4 is 9.47 Å². The molecule has 0 aliphatic rings. The molecule has 0 spiro atoms. The highest BCUT2D eigenvalue weighted by Crippen LogP contribution is 2.18. The van der Waals surface area contributed by atoms with E-state index in [2.05, 4.69) is 0 Å². The van der Waals surface area contributed by atoms with Gasteiger partial charge in [-0.2, -0.15) is 0 Å². The van der Waals surface area contributed by atoms with Crippen LogP contribution in [-0.2, 0) is 0 Å². The van der Waals surface area contributed by atoms with Crippen LogP contribution >= 0.6 is 0 Å². The molecule has 102 valence electrons. The van der Waals surface area contributed by atoms with E-state index in [0.717, 1.165) is 0 Å². The molecule has 6 nitrogen and oxygen atoms in total. The topological polar surface area (TPSA) is 99.4 Å². The number of benzene rings is 1. The van der Waals surface area contributed by atoms with Gasteiger partial charge in [0, 0.05) is 12.8 Å². The second-order valence-corrected chi connectivity index (χ2v) is 3.71. The Balaban J connectivity index is 2.28. The first kappa shape index (κ1) is 14.7. The summed E-state index contributed by atoms with van der Waals surface area (Å²) in [6.45, 7) is 0.434. The van der Waals surface area contributed by atoms with Crippen molar-refractivity contribution in [3.05, 3.63) is 24.3 Å². The fourth-order valence-electron chi connectivity index (χ4n) is 1.20. The minimum Gasteiger partial charge on any atom is -0.493 e. The van der Waals surface area contributed by atoms with Gasteiger partial charge >= 0.3 is 0 Å². The third kappa shape index (κ3) is 6.41. The predicted molar refractivity (Wildman–Crippen MR) is 63.1 cm³/mol. The quantitative estimate of drug-likeness (QED) is 0.484. The van der Waals surface area contributed by atoms with Gasteiger partial charge in [0.1, 0.15) is 11.5 Å². The van der Waals surface area contributed by atoms with E-state index in [1.165, 1.54) is 0 Å². The van der Waals surface area contributed by atoms with E-state index in [9.17, 15) is 0 Å². The lowest BCUT2D eigenvalue weighted by Gasteiger charge is -2.09. The largest absolute Gasteiger partial charge is 0.493 e. The maximum atomic E-state index is 8.63. The minimum atomic E-state index is -1.36. The van der Waals surface area contributed by atoms with Crippen molar-refractivity contribution in [2.24, 2.45) is 0 Å². The molecule has 1 aromatic rings. The lowest BCUT2D eigenvalue weighted by Crippen LogP contribution is -2.10. The third-order valence-electron chi connectivity index (χ3n) is 2.11. The zero-order valence-electron chi connectivity index (χ0n) is 9.90. The molecule has 0 atom stereocenters. The molecule has 0 bridgehead atoms. The molecule has 0 aromatic heterocycles. The van der Waals surface area contributed by atoms with Gasteiger partial charge < -0.3 is 29.9 Å². The normalized spacial score (nSPS) is 11.0. The molecule has 0 fully saturated rings. The number of aliphatic hydroxyl groups is 4. The number of aliphatic hydroxyl groups excluding tert-OH is 2. The number of hydrogen-bond acceptors (Lipinski definition) is 6. The number of ether oxygens (including phenoxy) is 2. The Labute approximate surface area is 105 Å². The van der Waals surface area contributed by atoms with E-state index in [4.69, 9.17) is 29.9 Å². The fraction of sp³-hybridized carbons (Fsp3) is 0.500. The van der Waals surface area contributed by atoms with Crippen molar-refractivity contribution in [2.75, 3.05) is 13.2 Å². The average Bonchev–Trinajstić information content (AvgIpc) is 2.30. The molecule has 0 amide bonds. The Morgan fingerprint density at radius 3 is 1.33 bits per heavy atom. The number of rotatable bonds is 8. The minimum absolute atomic E-state index is 0.145. The molecular weight excluding hydrogens is 240 g/mol. The molecular formula is C12H18O6. The van der Waals surface area contributed by atoms with E-state index < -0.39 is 12.6 Å². The van der Waals surface area contributed by atoms with Crippen molar-refractivity contribution >= 4 is 0 Å².